The number of fused-ring (bicyclic) bond motifs is 1. The summed E-state index contributed by atoms with van der Waals surface area (Å²) in [6.45, 7) is 6.09. The number of primary amides is 1. The third kappa shape index (κ3) is 4.18. The lowest BCUT2D eigenvalue weighted by molar-refractivity contribution is -0.118. The molecule has 6 heteroatoms. The zero-order valence-corrected chi connectivity index (χ0v) is 15.3. The van der Waals surface area contributed by atoms with Crippen LogP contribution in [0, 0.1) is 12.3 Å². The predicted molar refractivity (Wildman–Crippen MR) is 103 cm³/mol. The third-order valence-corrected chi connectivity index (χ3v) is 4.93. The number of nitrogens with zero attached hydrogens (tertiary/aromatic N) is 3. The van der Waals surface area contributed by atoms with Crippen LogP contribution >= 0.6 is 0 Å². The molecule has 26 heavy (non-hydrogen) atoms. The van der Waals surface area contributed by atoms with Gasteiger partial charge < -0.3 is 15.0 Å². The molecule has 138 valence electrons. The number of piperazine rings is 1. The lowest BCUT2D eigenvalue weighted by atomic mass is 10.1. The van der Waals surface area contributed by atoms with Crippen LogP contribution in [0.25, 0.3) is 10.9 Å². The van der Waals surface area contributed by atoms with Crippen LogP contribution < -0.4 is 10.5 Å². The monoisotopic (exact) mass is 354 g/mol. The van der Waals surface area contributed by atoms with Crippen molar-refractivity contribution in [3.8, 4) is 18.1 Å². The van der Waals surface area contributed by atoms with E-state index < -0.39 is 0 Å². The summed E-state index contributed by atoms with van der Waals surface area (Å²) < 4.78 is 7.30. The van der Waals surface area contributed by atoms with Gasteiger partial charge in [-0.25, -0.2) is 0 Å². The molecular formula is C20H26N4O2. The van der Waals surface area contributed by atoms with Crippen LogP contribution in [-0.4, -0.2) is 60.1 Å². The van der Waals surface area contributed by atoms with E-state index in [1.807, 2.05) is 29.0 Å². The fraction of sp³-hybridized carbons (Fsp3) is 0.450. The van der Waals surface area contributed by atoms with Crippen LogP contribution in [0.2, 0.25) is 0 Å². The van der Waals surface area contributed by atoms with Crippen molar-refractivity contribution in [3.63, 3.8) is 0 Å². The fourth-order valence-electron chi connectivity index (χ4n) is 3.54. The predicted octanol–water partition coefficient (Wildman–Crippen LogP) is 1.28. The van der Waals surface area contributed by atoms with Crippen molar-refractivity contribution in [2.45, 2.75) is 19.5 Å². The number of rotatable bonds is 7. The second kappa shape index (κ2) is 8.26. The Morgan fingerprint density at radius 2 is 2.00 bits per heavy atom. The molecule has 1 aromatic heterocycles. The Morgan fingerprint density at radius 3 is 2.65 bits per heavy atom. The average Bonchev–Trinajstić information content (AvgIpc) is 2.97. The molecule has 0 bridgehead atoms. The van der Waals surface area contributed by atoms with E-state index in [2.05, 4.69) is 15.7 Å². The first-order chi connectivity index (χ1) is 12.6. The van der Waals surface area contributed by atoms with Gasteiger partial charge in [0.05, 0.1) is 7.11 Å². The van der Waals surface area contributed by atoms with Crippen molar-refractivity contribution in [1.82, 2.24) is 14.4 Å². The number of nitrogens with two attached hydrogens (primary N) is 1. The van der Waals surface area contributed by atoms with E-state index in [-0.39, 0.29) is 12.5 Å². The highest BCUT2D eigenvalue weighted by Crippen LogP contribution is 2.27. The summed E-state index contributed by atoms with van der Waals surface area (Å²) in [4.78, 5) is 16.3. The molecule has 1 aliphatic rings. The smallest absolute Gasteiger partial charge is 0.237 e. The average molecular weight is 354 g/mol. The Balaban J connectivity index is 1.77. The van der Waals surface area contributed by atoms with Crippen molar-refractivity contribution in [2.75, 3.05) is 39.8 Å². The molecule has 1 aliphatic heterocycles. The number of methoxy groups -OCH3 is 1. The largest absolute Gasteiger partial charge is 0.497 e. The molecule has 2 aromatic rings. The summed E-state index contributed by atoms with van der Waals surface area (Å²) >= 11 is 0. The molecular weight excluding hydrogens is 328 g/mol. The van der Waals surface area contributed by atoms with E-state index in [4.69, 9.17) is 16.9 Å². The standard InChI is InChI=1S/C20H26N4O2/c1-3-4-7-22-8-10-23(11-9-22)13-16-14-24(15-20(21)25)19-6-5-17(26-2)12-18(16)19/h1,5-6,12,14H,4,7-11,13,15H2,2H3,(H2,21,25). The van der Waals surface area contributed by atoms with Gasteiger partial charge in [0, 0.05) is 62.8 Å². The van der Waals surface area contributed by atoms with Crippen molar-refractivity contribution in [2.24, 2.45) is 5.73 Å². The fourth-order valence-corrected chi connectivity index (χ4v) is 3.54. The highest BCUT2D eigenvalue weighted by molar-refractivity contribution is 5.87. The number of amides is 1. The second-order valence-corrected chi connectivity index (χ2v) is 6.70. The van der Waals surface area contributed by atoms with Gasteiger partial charge in [0.2, 0.25) is 5.91 Å². The van der Waals surface area contributed by atoms with Crippen LogP contribution in [-0.2, 0) is 17.9 Å². The Labute approximate surface area is 154 Å². The first-order valence-corrected chi connectivity index (χ1v) is 8.93. The van der Waals surface area contributed by atoms with Gasteiger partial charge in [-0.3, -0.25) is 14.6 Å². The number of hydrogen-bond donors (Lipinski definition) is 1. The van der Waals surface area contributed by atoms with E-state index in [9.17, 15) is 4.79 Å². The van der Waals surface area contributed by atoms with Crippen LogP contribution in [0.5, 0.6) is 5.75 Å². The van der Waals surface area contributed by atoms with Gasteiger partial charge in [-0.15, -0.1) is 12.3 Å². The molecule has 1 saturated heterocycles. The quantitative estimate of drug-likeness (QED) is 0.761. The molecule has 2 N–H and O–H groups in total. The molecule has 0 atom stereocenters. The Morgan fingerprint density at radius 1 is 1.27 bits per heavy atom. The van der Waals surface area contributed by atoms with Gasteiger partial charge in [-0.05, 0) is 23.8 Å². The number of hydrogen-bond acceptors (Lipinski definition) is 4. The molecule has 0 spiro atoms. The van der Waals surface area contributed by atoms with Gasteiger partial charge in [-0.2, -0.15) is 0 Å². The molecule has 0 unspecified atom stereocenters. The number of carbonyl (C=O) groups excluding carboxylic acids is 1. The summed E-state index contributed by atoms with van der Waals surface area (Å²) in [7, 11) is 1.66. The number of carbonyl (C=O) groups is 1. The van der Waals surface area contributed by atoms with Crippen molar-refractivity contribution < 1.29 is 9.53 Å². The maximum Gasteiger partial charge on any atom is 0.237 e. The van der Waals surface area contributed by atoms with Crippen LogP contribution in [0.4, 0.5) is 0 Å². The number of aromatic nitrogens is 1. The number of benzene rings is 1. The summed E-state index contributed by atoms with van der Waals surface area (Å²) in [5, 5.41) is 1.11. The summed E-state index contributed by atoms with van der Waals surface area (Å²) in [6, 6.07) is 5.93. The Bertz CT molecular complexity index is 813. The topological polar surface area (TPSA) is 63.7 Å². The minimum Gasteiger partial charge on any atom is -0.497 e. The van der Waals surface area contributed by atoms with E-state index in [1.54, 1.807) is 7.11 Å². The number of terminal acetylenes is 1. The molecule has 0 radical (unpaired) electrons. The maximum atomic E-state index is 11.4. The van der Waals surface area contributed by atoms with E-state index in [0.717, 1.165) is 62.3 Å². The first kappa shape index (κ1) is 18.3. The van der Waals surface area contributed by atoms with E-state index in [1.165, 1.54) is 5.56 Å². The molecule has 3 rings (SSSR count). The van der Waals surface area contributed by atoms with Gasteiger partial charge in [-0.1, -0.05) is 0 Å². The maximum absolute atomic E-state index is 11.4. The summed E-state index contributed by atoms with van der Waals surface area (Å²) in [5.74, 6) is 3.18. The SMILES string of the molecule is C#CCCN1CCN(Cc2cn(CC(N)=O)c3ccc(OC)cc23)CC1. The van der Waals surface area contributed by atoms with Crippen molar-refractivity contribution >= 4 is 16.8 Å². The molecule has 1 aromatic carbocycles. The van der Waals surface area contributed by atoms with Gasteiger partial charge in [0.15, 0.2) is 0 Å². The van der Waals surface area contributed by atoms with Crippen LogP contribution in [0.3, 0.4) is 0 Å². The molecule has 0 saturated carbocycles. The molecule has 1 fully saturated rings. The molecule has 6 nitrogen and oxygen atoms in total. The van der Waals surface area contributed by atoms with Gasteiger partial charge in [0.25, 0.3) is 0 Å². The zero-order chi connectivity index (χ0) is 18.5. The lowest BCUT2D eigenvalue weighted by Crippen LogP contribution is -2.46. The van der Waals surface area contributed by atoms with Crippen molar-refractivity contribution in [3.05, 3.63) is 30.0 Å². The molecule has 1 amide bonds. The molecule has 2 heterocycles. The van der Waals surface area contributed by atoms with Gasteiger partial charge in [0.1, 0.15) is 12.3 Å². The highest BCUT2D eigenvalue weighted by Gasteiger charge is 2.19. The van der Waals surface area contributed by atoms with Crippen LogP contribution in [0.15, 0.2) is 24.4 Å². The number of ether oxygens (including phenoxy) is 1. The van der Waals surface area contributed by atoms with Crippen molar-refractivity contribution in [1.29, 1.82) is 0 Å². The Kier molecular flexibility index (Phi) is 5.82. The van der Waals surface area contributed by atoms with Crippen LogP contribution in [0.1, 0.15) is 12.0 Å². The minimum absolute atomic E-state index is 0.183. The third-order valence-electron chi connectivity index (χ3n) is 4.93. The van der Waals surface area contributed by atoms with E-state index >= 15 is 0 Å². The first-order valence-electron chi connectivity index (χ1n) is 8.93. The Hall–Kier alpha value is -2.49. The lowest BCUT2D eigenvalue weighted by Gasteiger charge is -2.34. The minimum atomic E-state index is -0.341. The molecule has 0 aliphatic carbocycles. The summed E-state index contributed by atoms with van der Waals surface area (Å²) in [5.41, 5.74) is 7.60. The highest BCUT2D eigenvalue weighted by atomic mass is 16.5. The summed E-state index contributed by atoms with van der Waals surface area (Å²) in [6.07, 6.45) is 8.20. The second-order valence-electron chi connectivity index (χ2n) is 6.70. The zero-order valence-electron chi connectivity index (χ0n) is 15.3. The normalized spacial score (nSPS) is 15.8. The van der Waals surface area contributed by atoms with Gasteiger partial charge >= 0.3 is 0 Å². The van der Waals surface area contributed by atoms with E-state index in [0.29, 0.717) is 0 Å².